The molecule has 2 heterocycles. The molecular formula is C11H20ClN3O2. The number of carbonyl (C=O) groups is 2. The summed E-state index contributed by atoms with van der Waals surface area (Å²) in [4.78, 5) is 25.1. The number of amides is 2. The molecule has 5 nitrogen and oxygen atoms in total. The third kappa shape index (κ3) is 3.33. The molecule has 2 N–H and O–H groups in total. The van der Waals surface area contributed by atoms with Crippen LogP contribution in [-0.4, -0.2) is 47.9 Å². The van der Waals surface area contributed by atoms with Crippen molar-refractivity contribution in [1.29, 1.82) is 0 Å². The fourth-order valence-electron chi connectivity index (χ4n) is 2.53. The molecule has 2 fully saturated rings. The Hall–Kier alpha value is -0.810. The van der Waals surface area contributed by atoms with E-state index in [1.54, 1.807) is 0 Å². The second-order valence-electron chi connectivity index (χ2n) is 4.87. The minimum absolute atomic E-state index is 0. The van der Waals surface area contributed by atoms with Crippen LogP contribution in [-0.2, 0) is 9.59 Å². The number of nitrogens with zero attached hydrogens (tertiary/aromatic N) is 1. The SMILES string of the molecule is CC1CN(C(=O)[C@@H]2CCC(=O)N2)CC(C)N1.Cl. The van der Waals surface area contributed by atoms with E-state index < -0.39 is 0 Å². The van der Waals surface area contributed by atoms with E-state index in [1.165, 1.54) is 0 Å². The zero-order chi connectivity index (χ0) is 11.7. The van der Waals surface area contributed by atoms with Gasteiger partial charge in [0.15, 0.2) is 0 Å². The molecule has 0 aromatic carbocycles. The molecule has 0 aliphatic carbocycles. The summed E-state index contributed by atoms with van der Waals surface area (Å²) in [6.07, 6.45) is 1.12. The Bertz CT molecular complexity index is 301. The number of carbonyl (C=O) groups excluding carboxylic acids is 2. The molecule has 2 rings (SSSR count). The van der Waals surface area contributed by atoms with Crippen molar-refractivity contribution in [2.24, 2.45) is 0 Å². The first-order chi connectivity index (χ1) is 7.56. The lowest BCUT2D eigenvalue weighted by atomic mass is 10.1. The highest BCUT2D eigenvalue weighted by Gasteiger charge is 2.33. The Morgan fingerprint density at radius 1 is 1.29 bits per heavy atom. The second-order valence-corrected chi connectivity index (χ2v) is 4.87. The fraction of sp³-hybridized carbons (Fsp3) is 0.818. The fourth-order valence-corrected chi connectivity index (χ4v) is 2.53. The van der Waals surface area contributed by atoms with Gasteiger partial charge in [-0.3, -0.25) is 9.59 Å². The Balaban J connectivity index is 0.00000144. The van der Waals surface area contributed by atoms with E-state index in [-0.39, 0.29) is 30.3 Å². The predicted octanol–water partition coefficient (Wildman–Crippen LogP) is -0.104. The monoisotopic (exact) mass is 261 g/mol. The summed E-state index contributed by atoms with van der Waals surface area (Å²) in [6, 6.07) is 0.361. The average molecular weight is 262 g/mol. The Morgan fingerprint density at radius 3 is 2.35 bits per heavy atom. The molecule has 98 valence electrons. The first kappa shape index (κ1) is 14.3. The van der Waals surface area contributed by atoms with Gasteiger partial charge in [0.1, 0.15) is 6.04 Å². The molecular weight excluding hydrogens is 242 g/mol. The Labute approximate surface area is 108 Å². The van der Waals surface area contributed by atoms with E-state index in [4.69, 9.17) is 0 Å². The van der Waals surface area contributed by atoms with Crippen molar-refractivity contribution in [2.75, 3.05) is 13.1 Å². The van der Waals surface area contributed by atoms with E-state index in [1.807, 2.05) is 4.90 Å². The largest absolute Gasteiger partial charge is 0.344 e. The number of halogens is 1. The topological polar surface area (TPSA) is 61.4 Å². The van der Waals surface area contributed by atoms with Gasteiger partial charge in [0.2, 0.25) is 11.8 Å². The maximum absolute atomic E-state index is 12.1. The lowest BCUT2D eigenvalue weighted by Gasteiger charge is -2.37. The summed E-state index contributed by atoms with van der Waals surface area (Å²) < 4.78 is 0. The van der Waals surface area contributed by atoms with Crippen LogP contribution in [0.3, 0.4) is 0 Å². The van der Waals surface area contributed by atoms with Crippen molar-refractivity contribution in [2.45, 2.75) is 44.8 Å². The highest BCUT2D eigenvalue weighted by molar-refractivity contribution is 5.90. The first-order valence-corrected chi connectivity index (χ1v) is 5.90. The number of nitrogens with one attached hydrogen (secondary N) is 2. The standard InChI is InChI=1S/C11H19N3O2.ClH/c1-7-5-14(6-8(2)12-7)11(16)9-3-4-10(15)13-9;/h7-9,12H,3-6H2,1-2H3,(H,13,15);1H/t7?,8?,9-;/m0./s1. The molecule has 0 bridgehead atoms. The molecule has 17 heavy (non-hydrogen) atoms. The van der Waals surface area contributed by atoms with Crippen LogP contribution < -0.4 is 10.6 Å². The van der Waals surface area contributed by atoms with Crippen molar-refractivity contribution in [3.63, 3.8) is 0 Å². The maximum Gasteiger partial charge on any atom is 0.245 e. The van der Waals surface area contributed by atoms with Crippen LogP contribution >= 0.6 is 12.4 Å². The number of rotatable bonds is 1. The number of hydrogen-bond acceptors (Lipinski definition) is 3. The van der Waals surface area contributed by atoms with Crippen molar-refractivity contribution in [3.05, 3.63) is 0 Å². The third-order valence-corrected chi connectivity index (χ3v) is 3.16. The van der Waals surface area contributed by atoms with Gasteiger partial charge in [-0.25, -0.2) is 0 Å². The van der Waals surface area contributed by atoms with E-state index in [0.717, 1.165) is 13.1 Å². The normalized spacial score (nSPS) is 32.9. The van der Waals surface area contributed by atoms with Gasteiger partial charge in [-0.15, -0.1) is 12.4 Å². The van der Waals surface area contributed by atoms with Gasteiger partial charge < -0.3 is 15.5 Å². The van der Waals surface area contributed by atoms with E-state index >= 15 is 0 Å². The summed E-state index contributed by atoms with van der Waals surface area (Å²) in [5.41, 5.74) is 0. The molecule has 2 aliphatic heterocycles. The molecule has 2 saturated heterocycles. The van der Waals surface area contributed by atoms with Crippen molar-refractivity contribution < 1.29 is 9.59 Å². The lowest BCUT2D eigenvalue weighted by molar-refractivity contribution is -0.136. The summed E-state index contributed by atoms with van der Waals surface area (Å²) in [5, 5.41) is 6.11. The van der Waals surface area contributed by atoms with Crippen LogP contribution in [0.25, 0.3) is 0 Å². The molecule has 0 aromatic rings. The second kappa shape index (κ2) is 5.69. The average Bonchev–Trinajstić information content (AvgIpc) is 2.62. The van der Waals surface area contributed by atoms with Crippen molar-refractivity contribution >= 4 is 24.2 Å². The molecule has 2 aliphatic rings. The van der Waals surface area contributed by atoms with Gasteiger partial charge in [0, 0.05) is 31.6 Å². The highest BCUT2D eigenvalue weighted by atomic mass is 35.5. The molecule has 3 atom stereocenters. The molecule has 2 amide bonds. The van der Waals surface area contributed by atoms with Crippen LogP contribution in [0, 0.1) is 0 Å². The van der Waals surface area contributed by atoms with Gasteiger partial charge in [-0.2, -0.15) is 0 Å². The molecule has 0 spiro atoms. The van der Waals surface area contributed by atoms with Crippen LogP contribution in [0.4, 0.5) is 0 Å². The van der Waals surface area contributed by atoms with Crippen LogP contribution in [0.2, 0.25) is 0 Å². The summed E-state index contributed by atoms with van der Waals surface area (Å²) in [6.45, 7) is 5.61. The smallest absolute Gasteiger partial charge is 0.245 e. The van der Waals surface area contributed by atoms with Gasteiger partial charge in [-0.05, 0) is 20.3 Å². The number of hydrogen-bond donors (Lipinski definition) is 2. The molecule has 0 aromatic heterocycles. The third-order valence-electron chi connectivity index (χ3n) is 3.16. The Morgan fingerprint density at radius 2 is 1.88 bits per heavy atom. The first-order valence-electron chi connectivity index (χ1n) is 5.90. The highest BCUT2D eigenvalue weighted by Crippen LogP contribution is 2.12. The summed E-state index contributed by atoms with van der Waals surface area (Å²) in [7, 11) is 0. The lowest BCUT2D eigenvalue weighted by Crippen LogP contribution is -2.58. The van der Waals surface area contributed by atoms with Crippen molar-refractivity contribution in [1.82, 2.24) is 15.5 Å². The zero-order valence-corrected chi connectivity index (χ0v) is 11.0. The summed E-state index contributed by atoms with van der Waals surface area (Å²) in [5.74, 6) is 0.0700. The van der Waals surface area contributed by atoms with E-state index in [9.17, 15) is 9.59 Å². The number of piperazine rings is 1. The molecule has 2 unspecified atom stereocenters. The predicted molar refractivity (Wildman–Crippen MR) is 67.1 cm³/mol. The minimum Gasteiger partial charge on any atom is -0.344 e. The Kier molecular flexibility index (Phi) is 4.77. The summed E-state index contributed by atoms with van der Waals surface area (Å²) >= 11 is 0. The molecule has 0 saturated carbocycles. The molecule has 6 heteroatoms. The maximum atomic E-state index is 12.1. The van der Waals surface area contributed by atoms with Crippen LogP contribution in [0.15, 0.2) is 0 Å². The van der Waals surface area contributed by atoms with Crippen LogP contribution in [0.1, 0.15) is 26.7 Å². The van der Waals surface area contributed by atoms with E-state index in [0.29, 0.717) is 24.9 Å². The quantitative estimate of drug-likeness (QED) is 0.693. The molecule has 0 radical (unpaired) electrons. The van der Waals surface area contributed by atoms with Crippen LogP contribution in [0.5, 0.6) is 0 Å². The van der Waals surface area contributed by atoms with Gasteiger partial charge in [0.05, 0.1) is 0 Å². The minimum atomic E-state index is -0.287. The van der Waals surface area contributed by atoms with E-state index in [2.05, 4.69) is 24.5 Å². The van der Waals surface area contributed by atoms with Gasteiger partial charge in [0.25, 0.3) is 0 Å². The van der Waals surface area contributed by atoms with Gasteiger partial charge in [-0.1, -0.05) is 0 Å². The van der Waals surface area contributed by atoms with Crippen molar-refractivity contribution in [3.8, 4) is 0 Å². The van der Waals surface area contributed by atoms with Gasteiger partial charge >= 0.3 is 0 Å². The zero-order valence-electron chi connectivity index (χ0n) is 10.2.